The van der Waals surface area contributed by atoms with Gasteiger partial charge in [-0.15, -0.1) is 0 Å². The van der Waals surface area contributed by atoms with Crippen LogP contribution in [0.4, 0.5) is 5.69 Å². The standard InChI is InChI=1S/C31H24BrClN4O4/c1-2-40-27-16-21(25(32)17-28(27)41-19-29(38)35-23-14-12-22(33)13-15-23)18-34-37-30(20-8-4-3-5-9-20)36-26-11-7-6-10-24(26)31(37)39/h3-18H,2,19H2,1H3,(H,35,38). The van der Waals surface area contributed by atoms with E-state index in [0.29, 0.717) is 55.6 Å². The minimum absolute atomic E-state index is 0.235. The van der Waals surface area contributed by atoms with Gasteiger partial charge in [0.05, 0.1) is 23.7 Å². The first-order chi connectivity index (χ1) is 19.9. The van der Waals surface area contributed by atoms with Gasteiger partial charge in [0.25, 0.3) is 11.5 Å². The van der Waals surface area contributed by atoms with Crippen molar-refractivity contribution >= 4 is 56.2 Å². The molecule has 0 radical (unpaired) electrons. The van der Waals surface area contributed by atoms with Crippen LogP contribution in [0.2, 0.25) is 5.02 Å². The number of nitrogens with one attached hydrogen (secondary N) is 1. The smallest absolute Gasteiger partial charge is 0.282 e. The van der Waals surface area contributed by atoms with Crippen LogP contribution in [0.1, 0.15) is 12.5 Å². The molecule has 5 aromatic rings. The molecule has 0 atom stereocenters. The zero-order chi connectivity index (χ0) is 28.8. The number of nitrogens with zero attached hydrogens (tertiary/aromatic N) is 3. The number of carbonyl (C=O) groups excluding carboxylic acids is 1. The van der Waals surface area contributed by atoms with Crippen LogP contribution in [0.15, 0.2) is 105 Å². The Balaban J connectivity index is 1.44. The van der Waals surface area contributed by atoms with Gasteiger partial charge in [0.2, 0.25) is 0 Å². The number of hydrogen-bond donors (Lipinski definition) is 1. The third-order valence-corrected chi connectivity index (χ3v) is 6.89. The number of rotatable bonds is 9. The lowest BCUT2D eigenvalue weighted by molar-refractivity contribution is -0.118. The molecule has 0 saturated heterocycles. The molecule has 0 saturated carbocycles. The Morgan fingerprint density at radius 3 is 2.46 bits per heavy atom. The maximum Gasteiger partial charge on any atom is 0.282 e. The van der Waals surface area contributed by atoms with Crippen LogP contribution in [0, 0.1) is 0 Å². The molecule has 5 rings (SSSR count). The third-order valence-electron chi connectivity index (χ3n) is 5.95. The monoisotopic (exact) mass is 630 g/mol. The highest BCUT2D eigenvalue weighted by Gasteiger charge is 2.15. The van der Waals surface area contributed by atoms with Gasteiger partial charge in [0, 0.05) is 26.3 Å². The van der Waals surface area contributed by atoms with Gasteiger partial charge in [-0.3, -0.25) is 9.59 Å². The van der Waals surface area contributed by atoms with Gasteiger partial charge in [-0.1, -0.05) is 54.1 Å². The number of benzene rings is 4. The molecule has 0 spiro atoms. The van der Waals surface area contributed by atoms with Crippen molar-refractivity contribution in [3.63, 3.8) is 0 Å². The van der Waals surface area contributed by atoms with E-state index < -0.39 is 0 Å². The van der Waals surface area contributed by atoms with Gasteiger partial charge in [0.15, 0.2) is 23.9 Å². The Morgan fingerprint density at radius 1 is 1.00 bits per heavy atom. The molecule has 8 nitrogen and oxygen atoms in total. The van der Waals surface area contributed by atoms with Gasteiger partial charge in [-0.25, -0.2) is 4.98 Å². The molecule has 0 aliphatic rings. The van der Waals surface area contributed by atoms with Gasteiger partial charge >= 0.3 is 0 Å². The minimum Gasteiger partial charge on any atom is -0.490 e. The second-order valence-corrected chi connectivity index (χ2v) is 10.1. The average molecular weight is 632 g/mol. The summed E-state index contributed by atoms with van der Waals surface area (Å²) >= 11 is 9.46. The summed E-state index contributed by atoms with van der Waals surface area (Å²) in [6.45, 7) is 1.98. The fraction of sp³-hybridized carbons (Fsp3) is 0.0968. The summed E-state index contributed by atoms with van der Waals surface area (Å²) in [6.07, 6.45) is 1.55. The van der Waals surface area contributed by atoms with Crippen LogP contribution in [0.25, 0.3) is 22.3 Å². The average Bonchev–Trinajstić information content (AvgIpc) is 2.99. The molecule has 0 aliphatic carbocycles. The fourth-order valence-corrected chi connectivity index (χ4v) is 4.58. The lowest BCUT2D eigenvalue weighted by Crippen LogP contribution is -2.20. The molecule has 1 heterocycles. The van der Waals surface area contributed by atoms with E-state index in [-0.39, 0.29) is 18.1 Å². The number of ether oxygens (including phenoxy) is 2. The summed E-state index contributed by atoms with van der Waals surface area (Å²) < 4.78 is 13.5. The van der Waals surface area contributed by atoms with Crippen molar-refractivity contribution in [1.29, 1.82) is 0 Å². The Hall–Kier alpha value is -4.47. The molecule has 41 heavy (non-hydrogen) atoms. The number of halogens is 2. The number of aromatic nitrogens is 2. The van der Waals surface area contributed by atoms with Crippen molar-refractivity contribution in [3.8, 4) is 22.9 Å². The number of para-hydroxylation sites is 1. The Morgan fingerprint density at radius 2 is 1.71 bits per heavy atom. The van der Waals surface area contributed by atoms with Crippen LogP contribution in [-0.4, -0.2) is 35.0 Å². The van der Waals surface area contributed by atoms with E-state index >= 15 is 0 Å². The van der Waals surface area contributed by atoms with Crippen molar-refractivity contribution in [3.05, 3.63) is 116 Å². The fourth-order valence-electron chi connectivity index (χ4n) is 4.03. The van der Waals surface area contributed by atoms with Gasteiger partial charge < -0.3 is 14.8 Å². The Bertz CT molecular complexity index is 1790. The van der Waals surface area contributed by atoms with Crippen molar-refractivity contribution in [2.45, 2.75) is 6.92 Å². The largest absolute Gasteiger partial charge is 0.490 e. The molecule has 0 unspecified atom stereocenters. The van der Waals surface area contributed by atoms with Crippen LogP contribution in [-0.2, 0) is 4.79 Å². The lowest BCUT2D eigenvalue weighted by Gasteiger charge is -2.14. The maximum atomic E-state index is 13.5. The second kappa shape index (κ2) is 12.8. The molecule has 1 aromatic heterocycles. The summed E-state index contributed by atoms with van der Waals surface area (Å²) in [6, 6.07) is 26.8. The zero-order valence-corrected chi connectivity index (χ0v) is 24.2. The van der Waals surface area contributed by atoms with Crippen molar-refractivity contribution in [2.24, 2.45) is 5.10 Å². The third kappa shape index (κ3) is 6.65. The molecule has 1 N–H and O–H groups in total. The molecule has 0 aliphatic heterocycles. The van der Waals surface area contributed by atoms with Crippen molar-refractivity contribution in [1.82, 2.24) is 9.66 Å². The van der Waals surface area contributed by atoms with E-state index in [1.165, 1.54) is 4.68 Å². The second-order valence-electron chi connectivity index (χ2n) is 8.78. The zero-order valence-electron chi connectivity index (χ0n) is 21.9. The van der Waals surface area contributed by atoms with E-state index in [2.05, 4.69) is 26.3 Å². The molecular formula is C31H24BrClN4O4. The summed E-state index contributed by atoms with van der Waals surface area (Å²) in [5.41, 5.74) is 2.28. The molecule has 4 aromatic carbocycles. The van der Waals surface area contributed by atoms with Crippen LogP contribution < -0.4 is 20.3 Å². The number of fused-ring (bicyclic) bond motifs is 1. The summed E-state index contributed by atoms with van der Waals surface area (Å²) in [4.78, 5) is 30.6. The molecule has 206 valence electrons. The predicted octanol–water partition coefficient (Wildman–Crippen LogP) is 6.78. The van der Waals surface area contributed by atoms with Crippen molar-refractivity contribution in [2.75, 3.05) is 18.5 Å². The van der Waals surface area contributed by atoms with Crippen LogP contribution in [0.3, 0.4) is 0 Å². The normalized spacial score (nSPS) is 11.1. The predicted molar refractivity (Wildman–Crippen MR) is 165 cm³/mol. The van der Waals surface area contributed by atoms with Crippen molar-refractivity contribution < 1.29 is 14.3 Å². The SMILES string of the molecule is CCOc1cc(C=Nn2c(-c3ccccc3)nc3ccccc3c2=O)c(Br)cc1OCC(=O)Nc1ccc(Cl)cc1. The molecule has 0 bridgehead atoms. The van der Waals surface area contributed by atoms with E-state index in [4.69, 9.17) is 26.1 Å². The van der Waals surface area contributed by atoms with E-state index in [1.54, 1.807) is 60.8 Å². The summed E-state index contributed by atoms with van der Waals surface area (Å²) in [7, 11) is 0. The summed E-state index contributed by atoms with van der Waals surface area (Å²) in [5, 5.41) is 8.33. The first-order valence-electron chi connectivity index (χ1n) is 12.7. The number of hydrogen-bond acceptors (Lipinski definition) is 6. The van der Waals surface area contributed by atoms with Crippen LogP contribution in [0.5, 0.6) is 11.5 Å². The minimum atomic E-state index is -0.340. The molecule has 0 fully saturated rings. The number of anilines is 1. The molecule has 1 amide bonds. The maximum absolute atomic E-state index is 13.5. The highest BCUT2D eigenvalue weighted by atomic mass is 79.9. The Kier molecular flexibility index (Phi) is 8.76. The molecule has 10 heteroatoms. The topological polar surface area (TPSA) is 94.8 Å². The van der Waals surface area contributed by atoms with E-state index in [9.17, 15) is 9.59 Å². The van der Waals surface area contributed by atoms with E-state index in [1.807, 2.05) is 43.3 Å². The number of carbonyl (C=O) groups is 1. The van der Waals surface area contributed by atoms with Gasteiger partial charge in [-0.05, 0) is 71.4 Å². The van der Waals surface area contributed by atoms with Crippen LogP contribution >= 0.6 is 27.5 Å². The highest BCUT2D eigenvalue weighted by molar-refractivity contribution is 9.10. The van der Waals surface area contributed by atoms with Gasteiger partial charge in [0.1, 0.15) is 0 Å². The van der Waals surface area contributed by atoms with Gasteiger partial charge in [-0.2, -0.15) is 9.78 Å². The number of amides is 1. The Labute approximate surface area is 249 Å². The highest BCUT2D eigenvalue weighted by Crippen LogP contribution is 2.33. The quantitative estimate of drug-likeness (QED) is 0.181. The first kappa shape index (κ1) is 28.1. The first-order valence-corrected chi connectivity index (χ1v) is 13.9. The lowest BCUT2D eigenvalue weighted by atomic mass is 10.2. The molecular weight excluding hydrogens is 608 g/mol. The van der Waals surface area contributed by atoms with E-state index in [0.717, 1.165) is 5.56 Å². The summed E-state index contributed by atoms with van der Waals surface area (Å²) in [5.74, 6) is 0.867.